The summed E-state index contributed by atoms with van der Waals surface area (Å²) in [4.78, 5) is 4.54. The van der Waals surface area contributed by atoms with Gasteiger partial charge in [0.1, 0.15) is 5.76 Å². The second kappa shape index (κ2) is 7.29. The number of benzene rings is 1. The highest BCUT2D eigenvalue weighted by Crippen LogP contribution is 2.36. The van der Waals surface area contributed by atoms with Crippen molar-refractivity contribution in [2.24, 2.45) is 0 Å². The van der Waals surface area contributed by atoms with Crippen molar-refractivity contribution >= 4 is 23.0 Å². The summed E-state index contributed by atoms with van der Waals surface area (Å²) in [6.45, 7) is 18.9. The minimum absolute atomic E-state index is 0.640. The number of hydrogen-bond donors (Lipinski definition) is 0. The SMILES string of the molecule is C=Cc1cc(C#CC)ccc1C(=C)C(=C)c1nccc2c1C(=C)OCC2. The molecule has 26 heavy (non-hydrogen) atoms. The molecule has 0 atom stereocenters. The number of rotatable bonds is 4. The van der Waals surface area contributed by atoms with Crippen LogP contribution in [0.1, 0.15) is 40.4 Å². The van der Waals surface area contributed by atoms with Crippen molar-refractivity contribution in [2.45, 2.75) is 13.3 Å². The molecule has 0 fully saturated rings. The quantitative estimate of drug-likeness (QED) is 0.552. The molecule has 1 aliphatic heterocycles. The molecule has 0 bridgehead atoms. The Kier molecular flexibility index (Phi) is 4.91. The minimum atomic E-state index is 0.640. The average molecular weight is 339 g/mol. The molecule has 0 unspecified atom stereocenters. The van der Waals surface area contributed by atoms with E-state index in [4.69, 9.17) is 4.74 Å². The Labute approximate surface area is 155 Å². The Balaban J connectivity index is 2.04. The van der Waals surface area contributed by atoms with Gasteiger partial charge >= 0.3 is 0 Å². The molecule has 0 amide bonds. The van der Waals surface area contributed by atoms with Crippen LogP contribution in [0.4, 0.5) is 0 Å². The van der Waals surface area contributed by atoms with Gasteiger partial charge in [-0.3, -0.25) is 4.98 Å². The molecular weight excluding hydrogens is 318 g/mol. The lowest BCUT2D eigenvalue weighted by molar-refractivity contribution is 0.271. The topological polar surface area (TPSA) is 22.1 Å². The van der Waals surface area contributed by atoms with Crippen LogP contribution in [0, 0.1) is 11.8 Å². The molecule has 0 radical (unpaired) electrons. The number of ether oxygens (including phenoxy) is 1. The molecule has 0 N–H and O–H groups in total. The monoisotopic (exact) mass is 339 g/mol. The number of nitrogens with zero attached hydrogens (tertiary/aromatic N) is 1. The maximum Gasteiger partial charge on any atom is 0.121 e. The smallest absolute Gasteiger partial charge is 0.121 e. The van der Waals surface area contributed by atoms with Crippen LogP contribution in [0.3, 0.4) is 0 Å². The Morgan fingerprint density at radius 1 is 1.23 bits per heavy atom. The third kappa shape index (κ3) is 3.12. The molecule has 1 aromatic carbocycles. The normalized spacial score (nSPS) is 12.3. The fraction of sp³-hybridized carbons (Fsp3) is 0.125. The van der Waals surface area contributed by atoms with Gasteiger partial charge < -0.3 is 4.74 Å². The first-order chi connectivity index (χ1) is 12.6. The standard InChI is InChI=1S/C24H21NO/c1-6-8-19-9-10-22(20(7-2)15-19)16(3)17(4)24-23-18(5)26-14-12-21(23)11-13-25-24/h7,9-11,13,15H,2-5,12,14H2,1H3. The summed E-state index contributed by atoms with van der Waals surface area (Å²) >= 11 is 0. The second-order valence-electron chi connectivity index (χ2n) is 6.05. The summed E-state index contributed by atoms with van der Waals surface area (Å²) in [6, 6.07) is 8.00. The molecule has 2 aromatic rings. The number of hydrogen-bond acceptors (Lipinski definition) is 2. The first kappa shape index (κ1) is 17.5. The lowest BCUT2D eigenvalue weighted by Gasteiger charge is -2.23. The van der Waals surface area contributed by atoms with Crippen LogP contribution in [0.15, 0.2) is 56.8 Å². The van der Waals surface area contributed by atoms with Crippen LogP contribution in [0.5, 0.6) is 0 Å². The summed E-state index contributed by atoms with van der Waals surface area (Å²) < 4.78 is 5.63. The zero-order valence-corrected chi connectivity index (χ0v) is 15.1. The molecule has 1 aliphatic rings. The molecule has 0 saturated heterocycles. The van der Waals surface area contributed by atoms with Crippen molar-refractivity contribution in [1.29, 1.82) is 0 Å². The highest BCUT2D eigenvalue weighted by atomic mass is 16.5. The number of fused-ring (bicyclic) bond motifs is 1. The van der Waals surface area contributed by atoms with Gasteiger partial charge in [0.2, 0.25) is 0 Å². The fourth-order valence-corrected chi connectivity index (χ4v) is 3.14. The van der Waals surface area contributed by atoms with E-state index in [1.54, 1.807) is 6.20 Å². The van der Waals surface area contributed by atoms with E-state index >= 15 is 0 Å². The largest absolute Gasteiger partial charge is 0.493 e. The van der Waals surface area contributed by atoms with Crippen LogP contribution in [0.2, 0.25) is 0 Å². The summed E-state index contributed by atoms with van der Waals surface area (Å²) in [5.74, 6) is 6.62. The molecule has 2 heteroatoms. The third-order valence-electron chi connectivity index (χ3n) is 4.48. The van der Waals surface area contributed by atoms with Crippen LogP contribution < -0.4 is 0 Å². The maximum atomic E-state index is 5.63. The van der Waals surface area contributed by atoms with Crippen LogP contribution in [-0.4, -0.2) is 11.6 Å². The second-order valence-corrected chi connectivity index (χ2v) is 6.05. The van der Waals surface area contributed by atoms with E-state index in [0.717, 1.165) is 45.5 Å². The minimum Gasteiger partial charge on any atom is -0.493 e. The van der Waals surface area contributed by atoms with Crippen molar-refractivity contribution < 1.29 is 4.74 Å². The van der Waals surface area contributed by atoms with Gasteiger partial charge in [0.15, 0.2) is 0 Å². The van der Waals surface area contributed by atoms with Gasteiger partial charge in [0.25, 0.3) is 0 Å². The van der Waals surface area contributed by atoms with Crippen molar-refractivity contribution in [3.05, 3.63) is 90.3 Å². The van der Waals surface area contributed by atoms with Crippen LogP contribution in [0.25, 0.3) is 23.0 Å². The van der Waals surface area contributed by atoms with Crippen molar-refractivity contribution in [1.82, 2.24) is 4.98 Å². The van der Waals surface area contributed by atoms with E-state index in [1.165, 1.54) is 5.56 Å². The number of allylic oxidation sites excluding steroid dienone is 2. The van der Waals surface area contributed by atoms with E-state index in [2.05, 4.69) is 43.1 Å². The molecule has 1 aromatic heterocycles. The maximum absolute atomic E-state index is 5.63. The first-order valence-electron chi connectivity index (χ1n) is 8.45. The third-order valence-corrected chi connectivity index (χ3v) is 4.48. The van der Waals surface area contributed by atoms with Gasteiger partial charge in [-0.1, -0.05) is 44.4 Å². The molecule has 0 saturated carbocycles. The number of aromatic nitrogens is 1. The van der Waals surface area contributed by atoms with Crippen molar-refractivity contribution in [3.63, 3.8) is 0 Å². The van der Waals surface area contributed by atoms with Gasteiger partial charge in [-0.15, -0.1) is 5.92 Å². The Morgan fingerprint density at radius 3 is 2.77 bits per heavy atom. The van der Waals surface area contributed by atoms with Crippen LogP contribution >= 0.6 is 0 Å². The zero-order chi connectivity index (χ0) is 18.7. The molecule has 2 nitrogen and oxygen atoms in total. The van der Waals surface area contributed by atoms with Crippen molar-refractivity contribution in [3.8, 4) is 11.8 Å². The summed E-state index contributed by atoms with van der Waals surface area (Å²) in [5, 5.41) is 0. The van der Waals surface area contributed by atoms with Gasteiger partial charge in [-0.25, -0.2) is 0 Å². The first-order valence-corrected chi connectivity index (χ1v) is 8.45. The lowest BCUT2D eigenvalue weighted by Crippen LogP contribution is -2.12. The Bertz CT molecular complexity index is 999. The summed E-state index contributed by atoms with van der Waals surface area (Å²) in [5.41, 5.74) is 7.31. The zero-order valence-electron chi connectivity index (χ0n) is 15.1. The molecule has 0 spiro atoms. The van der Waals surface area contributed by atoms with E-state index in [-0.39, 0.29) is 0 Å². The van der Waals surface area contributed by atoms with Crippen LogP contribution in [-0.2, 0) is 11.2 Å². The molecule has 3 rings (SSSR count). The highest BCUT2D eigenvalue weighted by Gasteiger charge is 2.22. The Hall–Kier alpha value is -3.31. The summed E-state index contributed by atoms with van der Waals surface area (Å²) in [7, 11) is 0. The molecular formula is C24H21NO. The summed E-state index contributed by atoms with van der Waals surface area (Å²) in [6.07, 6.45) is 4.45. The van der Waals surface area contributed by atoms with E-state index in [1.807, 2.05) is 37.3 Å². The lowest BCUT2D eigenvalue weighted by atomic mass is 9.89. The van der Waals surface area contributed by atoms with E-state index in [9.17, 15) is 0 Å². The molecule has 2 heterocycles. The number of pyridine rings is 1. The van der Waals surface area contributed by atoms with Gasteiger partial charge in [0, 0.05) is 29.3 Å². The molecule has 0 aliphatic carbocycles. The van der Waals surface area contributed by atoms with E-state index < -0.39 is 0 Å². The van der Waals surface area contributed by atoms with Gasteiger partial charge in [-0.2, -0.15) is 0 Å². The van der Waals surface area contributed by atoms with Crippen molar-refractivity contribution in [2.75, 3.05) is 6.61 Å². The predicted octanol–water partition coefficient (Wildman–Crippen LogP) is 5.37. The highest BCUT2D eigenvalue weighted by molar-refractivity contribution is 6.05. The predicted molar refractivity (Wildman–Crippen MR) is 110 cm³/mol. The van der Waals surface area contributed by atoms with E-state index in [0.29, 0.717) is 12.4 Å². The fourth-order valence-electron chi connectivity index (χ4n) is 3.14. The average Bonchev–Trinajstić information content (AvgIpc) is 2.67. The van der Waals surface area contributed by atoms with Gasteiger partial charge in [-0.05, 0) is 47.4 Å². The van der Waals surface area contributed by atoms with Gasteiger partial charge in [0.05, 0.1) is 12.3 Å². The Morgan fingerprint density at radius 2 is 2.04 bits per heavy atom. The molecule has 128 valence electrons.